The van der Waals surface area contributed by atoms with Gasteiger partial charge in [-0.05, 0) is 38.5 Å². The molecule has 2 aliphatic rings. The predicted molar refractivity (Wildman–Crippen MR) is 80.8 cm³/mol. The Hall–Kier alpha value is -1.10. The minimum atomic E-state index is 0.195. The van der Waals surface area contributed by atoms with Gasteiger partial charge in [-0.1, -0.05) is 6.42 Å². The van der Waals surface area contributed by atoms with E-state index in [-0.39, 0.29) is 17.7 Å². The summed E-state index contributed by atoms with van der Waals surface area (Å²) >= 11 is 0. The highest BCUT2D eigenvalue weighted by atomic mass is 16.5. The Bertz CT molecular complexity index is 347. The molecule has 1 aliphatic heterocycles. The lowest BCUT2D eigenvalue weighted by atomic mass is 9.84. The fourth-order valence-corrected chi connectivity index (χ4v) is 2.91. The van der Waals surface area contributed by atoms with E-state index in [9.17, 15) is 9.59 Å². The molecule has 1 N–H and O–H groups in total. The molecule has 0 unspecified atom stereocenters. The fraction of sp³-hybridized carbons (Fsp3) is 0.875. The maximum absolute atomic E-state index is 12.0. The van der Waals surface area contributed by atoms with Crippen LogP contribution in [0.4, 0.5) is 0 Å². The van der Waals surface area contributed by atoms with Crippen LogP contribution in [-0.2, 0) is 14.3 Å². The monoisotopic (exact) mass is 296 g/mol. The first kappa shape index (κ1) is 16.3. The molecule has 1 saturated carbocycles. The van der Waals surface area contributed by atoms with Gasteiger partial charge in [0.05, 0.1) is 13.0 Å². The average molecular weight is 296 g/mol. The Morgan fingerprint density at radius 2 is 1.90 bits per heavy atom. The molecule has 2 rings (SSSR count). The lowest BCUT2D eigenvalue weighted by Gasteiger charge is -2.33. The number of carbonyl (C=O) groups is 2. The van der Waals surface area contributed by atoms with Crippen LogP contribution in [0.2, 0.25) is 0 Å². The summed E-state index contributed by atoms with van der Waals surface area (Å²) in [6.45, 7) is 5.52. The molecule has 120 valence electrons. The van der Waals surface area contributed by atoms with Crippen molar-refractivity contribution in [3.63, 3.8) is 0 Å². The van der Waals surface area contributed by atoms with Gasteiger partial charge in [0.2, 0.25) is 11.8 Å². The molecule has 5 nitrogen and oxygen atoms in total. The van der Waals surface area contributed by atoms with Gasteiger partial charge >= 0.3 is 0 Å². The number of nitrogens with one attached hydrogen (secondary N) is 1. The second kappa shape index (κ2) is 8.37. The van der Waals surface area contributed by atoms with E-state index in [4.69, 9.17) is 4.74 Å². The highest BCUT2D eigenvalue weighted by molar-refractivity contribution is 5.79. The number of nitrogens with zero attached hydrogens (tertiary/aromatic N) is 1. The fourth-order valence-electron chi connectivity index (χ4n) is 2.91. The molecule has 2 amide bonds. The number of hydrogen-bond acceptors (Lipinski definition) is 3. The Morgan fingerprint density at radius 1 is 1.19 bits per heavy atom. The van der Waals surface area contributed by atoms with Gasteiger partial charge in [0.25, 0.3) is 0 Å². The third kappa shape index (κ3) is 4.99. The van der Waals surface area contributed by atoms with Crippen LogP contribution in [-0.4, -0.2) is 49.6 Å². The quantitative estimate of drug-likeness (QED) is 0.726. The van der Waals surface area contributed by atoms with Crippen molar-refractivity contribution in [3.8, 4) is 0 Å². The van der Waals surface area contributed by atoms with E-state index in [2.05, 4.69) is 5.32 Å². The van der Waals surface area contributed by atoms with E-state index in [0.29, 0.717) is 25.6 Å². The maximum Gasteiger partial charge on any atom is 0.224 e. The van der Waals surface area contributed by atoms with E-state index < -0.39 is 0 Å². The van der Waals surface area contributed by atoms with Gasteiger partial charge in [0.1, 0.15) is 0 Å². The van der Waals surface area contributed by atoms with Crippen molar-refractivity contribution in [3.05, 3.63) is 0 Å². The van der Waals surface area contributed by atoms with Crippen LogP contribution in [0, 0.1) is 11.8 Å². The summed E-state index contributed by atoms with van der Waals surface area (Å²) in [5.74, 6) is 1.21. The number of carbonyl (C=O) groups excluding carboxylic acids is 2. The van der Waals surface area contributed by atoms with E-state index in [0.717, 1.165) is 45.3 Å². The lowest BCUT2D eigenvalue weighted by Crippen LogP contribution is -2.43. The Morgan fingerprint density at radius 3 is 2.48 bits per heavy atom. The molecule has 0 atom stereocenters. The van der Waals surface area contributed by atoms with Crippen molar-refractivity contribution < 1.29 is 14.3 Å². The maximum atomic E-state index is 12.0. The van der Waals surface area contributed by atoms with Crippen LogP contribution in [0.5, 0.6) is 0 Å². The van der Waals surface area contributed by atoms with Gasteiger partial charge in [-0.3, -0.25) is 9.59 Å². The number of ether oxygens (including phenoxy) is 1. The Kier molecular flexibility index (Phi) is 6.49. The predicted octanol–water partition coefficient (Wildman–Crippen LogP) is 1.57. The van der Waals surface area contributed by atoms with Gasteiger partial charge in [0, 0.05) is 32.2 Å². The van der Waals surface area contributed by atoms with Crippen molar-refractivity contribution in [2.75, 3.05) is 32.8 Å². The SMILES string of the molecule is CCOCCC(=O)N1CCC(CNC(=O)C2CCC2)CC1. The van der Waals surface area contributed by atoms with Gasteiger partial charge in [-0.2, -0.15) is 0 Å². The number of piperidine rings is 1. The number of likely N-dealkylation sites (tertiary alicyclic amines) is 1. The summed E-state index contributed by atoms with van der Waals surface area (Å²) in [5.41, 5.74) is 0. The van der Waals surface area contributed by atoms with Crippen molar-refractivity contribution >= 4 is 11.8 Å². The second-order valence-electron chi connectivity index (χ2n) is 6.14. The first-order chi connectivity index (χ1) is 10.2. The highest BCUT2D eigenvalue weighted by Crippen LogP contribution is 2.26. The standard InChI is InChI=1S/C16H28N2O3/c1-2-21-11-8-15(19)18-9-6-13(7-10-18)12-17-16(20)14-4-3-5-14/h13-14H,2-12H2,1H3,(H,17,20). The zero-order valence-electron chi connectivity index (χ0n) is 13.1. The molecule has 0 spiro atoms. The molecule has 5 heteroatoms. The summed E-state index contributed by atoms with van der Waals surface area (Å²) < 4.78 is 5.22. The minimum absolute atomic E-state index is 0.195. The van der Waals surface area contributed by atoms with Crippen LogP contribution in [0.25, 0.3) is 0 Å². The number of rotatable bonds is 7. The lowest BCUT2D eigenvalue weighted by molar-refractivity contribution is -0.134. The summed E-state index contributed by atoms with van der Waals surface area (Å²) in [6, 6.07) is 0. The molecule has 0 aromatic carbocycles. The van der Waals surface area contributed by atoms with Crippen LogP contribution < -0.4 is 5.32 Å². The number of hydrogen-bond donors (Lipinski definition) is 1. The topological polar surface area (TPSA) is 58.6 Å². The molecule has 1 saturated heterocycles. The highest BCUT2D eigenvalue weighted by Gasteiger charge is 2.27. The van der Waals surface area contributed by atoms with Crippen LogP contribution in [0.3, 0.4) is 0 Å². The first-order valence-corrected chi connectivity index (χ1v) is 8.34. The van der Waals surface area contributed by atoms with Crippen LogP contribution >= 0.6 is 0 Å². The summed E-state index contributed by atoms with van der Waals surface area (Å²) in [6.07, 6.45) is 5.77. The van der Waals surface area contributed by atoms with Gasteiger partial charge in [-0.25, -0.2) is 0 Å². The van der Waals surface area contributed by atoms with Crippen molar-refractivity contribution in [2.24, 2.45) is 11.8 Å². The van der Waals surface area contributed by atoms with Crippen molar-refractivity contribution in [1.29, 1.82) is 0 Å². The Balaban J connectivity index is 1.59. The molecule has 21 heavy (non-hydrogen) atoms. The first-order valence-electron chi connectivity index (χ1n) is 8.34. The second-order valence-corrected chi connectivity index (χ2v) is 6.14. The molecule has 2 fully saturated rings. The van der Waals surface area contributed by atoms with E-state index in [1.165, 1.54) is 6.42 Å². The third-order valence-electron chi connectivity index (χ3n) is 4.67. The third-order valence-corrected chi connectivity index (χ3v) is 4.67. The molecule has 0 radical (unpaired) electrons. The smallest absolute Gasteiger partial charge is 0.224 e. The molecular weight excluding hydrogens is 268 g/mol. The molecule has 0 aromatic heterocycles. The zero-order valence-corrected chi connectivity index (χ0v) is 13.1. The van der Waals surface area contributed by atoms with Gasteiger partial charge < -0.3 is 15.0 Å². The minimum Gasteiger partial charge on any atom is -0.381 e. The molecule has 0 bridgehead atoms. The van der Waals surface area contributed by atoms with Crippen LogP contribution in [0.1, 0.15) is 45.4 Å². The van der Waals surface area contributed by atoms with E-state index in [1.807, 2.05) is 11.8 Å². The summed E-state index contributed by atoms with van der Waals surface area (Å²) in [4.78, 5) is 25.7. The average Bonchev–Trinajstić information content (AvgIpc) is 2.44. The molecule has 1 aliphatic carbocycles. The van der Waals surface area contributed by atoms with Crippen LogP contribution in [0.15, 0.2) is 0 Å². The Labute approximate surface area is 127 Å². The molecule has 0 aromatic rings. The van der Waals surface area contributed by atoms with E-state index >= 15 is 0 Å². The molecule has 1 heterocycles. The summed E-state index contributed by atoms with van der Waals surface area (Å²) in [5, 5.41) is 3.08. The number of amides is 2. The summed E-state index contributed by atoms with van der Waals surface area (Å²) in [7, 11) is 0. The van der Waals surface area contributed by atoms with Gasteiger partial charge in [-0.15, -0.1) is 0 Å². The largest absolute Gasteiger partial charge is 0.381 e. The van der Waals surface area contributed by atoms with Crippen molar-refractivity contribution in [1.82, 2.24) is 10.2 Å². The van der Waals surface area contributed by atoms with E-state index in [1.54, 1.807) is 0 Å². The molecular formula is C16H28N2O3. The van der Waals surface area contributed by atoms with Gasteiger partial charge in [0.15, 0.2) is 0 Å². The zero-order chi connectivity index (χ0) is 15.1. The normalized spacial score (nSPS) is 20.1. The van der Waals surface area contributed by atoms with Crippen molar-refractivity contribution in [2.45, 2.75) is 45.4 Å².